The van der Waals surface area contributed by atoms with E-state index in [4.69, 9.17) is 16.3 Å². The number of ether oxygens (including phenoxy) is 1. The molecule has 0 unspecified atom stereocenters. The first-order chi connectivity index (χ1) is 14.1. The van der Waals surface area contributed by atoms with Gasteiger partial charge in [0.2, 0.25) is 11.9 Å². The fraction of sp³-hybridized carbons (Fsp3) is 0.619. The van der Waals surface area contributed by atoms with E-state index in [1.54, 1.807) is 18.0 Å². The van der Waals surface area contributed by atoms with Crippen molar-refractivity contribution in [2.75, 3.05) is 31.5 Å². The third-order valence-corrected chi connectivity index (χ3v) is 5.40. The second-order valence-electron chi connectivity index (χ2n) is 8.73. The summed E-state index contributed by atoms with van der Waals surface area (Å²) in [5, 5.41) is 3.81. The van der Waals surface area contributed by atoms with E-state index < -0.39 is 5.60 Å². The van der Waals surface area contributed by atoms with Crippen molar-refractivity contribution in [2.45, 2.75) is 58.6 Å². The second kappa shape index (κ2) is 9.20. The van der Waals surface area contributed by atoms with E-state index in [1.165, 1.54) is 0 Å². The SMILES string of the molecule is CC(=O)N1CCC(Nc2ncc(Cl)c(C3=CCCN(C(=O)OC(C)(C)C)C3)n2)CC1. The maximum absolute atomic E-state index is 12.5. The molecule has 0 aliphatic carbocycles. The molecular weight excluding hydrogens is 406 g/mol. The normalized spacial score (nSPS) is 18.1. The number of carbonyl (C=O) groups excluding carboxylic acids is 2. The molecule has 1 N–H and O–H groups in total. The number of nitrogens with zero attached hydrogens (tertiary/aromatic N) is 4. The molecule has 1 fully saturated rings. The first kappa shape index (κ1) is 22.3. The van der Waals surface area contributed by atoms with E-state index in [-0.39, 0.29) is 18.0 Å². The largest absolute Gasteiger partial charge is 0.444 e. The van der Waals surface area contributed by atoms with Gasteiger partial charge in [0, 0.05) is 32.6 Å². The highest BCUT2D eigenvalue weighted by atomic mass is 35.5. The number of hydrogen-bond acceptors (Lipinski definition) is 6. The Hall–Kier alpha value is -2.35. The van der Waals surface area contributed by atoms with Crippen LogP contribution in [0.5, 0.6) is 0 Å². The number of hydrogen-bond donors (Lipinski definition) is 1. The monoisotopic (exact) mass is 435 g/mol. The average Bonchev–Trinajstić information content (AvgIpc) is 2.68. The third-order valence-electron chi connectivity index (χ3n) is 5.12. The van der Waals surface area contributed by atoms with Gasteiger partial charge in [-0.1, -0.05) is 17.7 Å². The van der Waals surface area contributed by atoms with Crippen LogP contribution in [-0.4, -0.2) is 69.6 Å². The first-order valence-electron chi connectivity index (χ1n) is 10.3. The maximum Gasteiger partial charge on any atom is 0.410 e. The molecule has 3 rings (SSSR count). The molecule has 2 amide bonds. The van der Waals surface area contributed by atoms with Crippen molar-refractivity contribution >= 4 is 35.1 Å². The predicted molar refractivity (Wildman–Crippen MR) is 116 cm³/mol. The maximum atomic E-state index is 12.5. The minimum atomic E-state index is -0.542. The Kier molecular flexibility index (Phi) is 6.85. The fourth-order valence-electron chi connectivity index (χ4n) is 3.58. The van der Waals surface area contributed by atoms with Crippen molar-refractivity contribution < 1.29 is 14.3 Å². The van der Waals surface area contributed by atoms with Crippen LogP contribution in [0.1, 0.15) is 52.7 Å². The Labute approximate surface area is 182 Å². The highest BCUT2D eigenvalue weighted by Gasteiger charge is 2.26. The highest BCUT2D eigenvalue weighted by molar-refractivity contribution is 6.32. The fourth-order valence-corrected chi connectivity index (χ4v) is 3.79. The van der Waals surface area contributed by atoms with Gasteiger partial charge in [-0.3, -0.25) is 4.79 Å². The topological polar surface area (TPSA) is 87.7 Å². The van der Waals surface area contributed by atoms with Crippen molar-refractivity contribution in [3.05, 3.63) is 23.0 Å². The lowest BCUT2D eigenvalue weighted by atomic mass is 10.1. The van der Waals surface area contributed by atoms with Crippen molar-refractivity contribution in [1.82, 2.24) is 19.8 Å². The summed E-state index contributed by atoms with van der Waals surface area (Å²) in [4.78, 5) is 36.4. The summed E-state index contributed by atoms with van der Waals surface area (Å²) in [6.45, 7) is 9.60. The van der Waals surface area contributed by atoms with Gasteiger partial charge in [0.15, 0.2) is 0 Å². The van der Waals surface area contributed by atoms with Crippen LogP contribution in [0.25, 0.3) is 5.57 Å². The van der Waals surface area contributed by atoms with Crippen LogP contribution in [0, 0.1) is 0 Å². The van der Waals surface area contributed by atoms with Crippen LogP contribution in [-0.2, 0) is 9.53 Å². The van der Waals surface area contributed by atoms with E-state index in [1.807, 2.05) is 25.7 Å². The Morgan fingerprint density at radius 2 is 1.90 bits per heavy atom. The van der Waals surface area contributed by atoms with E-state index >= 15 is 0 Å². The zero-order valence-corrected chi connectivity index (χ0v) is 18.8. The Bertz CT molecular complexity index is 828. The third kappa shape index (κ3) is 5.84. The number of carbonyl (C=O) groups is 2. The molecule has 8 nitrogen and oxygen atoms in total. The quantitative estimate of drug-likeness (QED) is 0.780. The number of anilines is 1. The van der Waals surface area contributed by atoms with E-state index in [0.717, 1.165) is 31.5 Å². The molecular formula is C21H30ClN5O3. The van der Waals surface area contributed by atoms with Crippen molar-refractivity contribution in [2.24, 2.45) is 0 Å². The van der Waals surface area contributed by atoms with Crippen LogP contribution >= 0.6 is 11.6 Å². The summed E-state index contributed by atoms with van der Waals surface area (Å²) >= 11 is 6.39. The average molecular weight is 436 g/mol. The number of halogens is 1. The zero-order valence-electron chi connectivity index (χ0n) is 18.1. The summed E-state index contributed by atoms with van der Waals surface area (Å²) in [5.74, 6) is 0.614. The van der Waals surface area contributed by atoms with Crippen LogP contribution in [0.4, 0.5) is 10.7 Å². The number of aromatic nitrogens is 2. The summed E-state index contributed by atoms with van der Waals surface area (Å²) in [6.07, 6.45) is 5.70. The minimum Gasteiger partial charge on any atom is -0.444 e. The molecule has 9 heteroatoms. The molecule has 3 heterocycles. The number of nitrogens with one attached hydrogen (secondary N) is 1. The first-order valence-corrected chi connectivity index (χ1v) is 10.7. The van der Waals surface area contributed by atoms with Crippen molar-refractivity contribution in [3.63, 3.8) is 0 Å². The Balaban J connectivity index is 1.67. The molecule has 0 bridgehead atoms. The molecule has 1 aromatic rings. The standard InChI is InChI=1S/C21H30ClN5O3/c1-14(28)26-10-7-16(8-11-26)24-19-23-12-17(22)18(25-19)15-6-5-9-27(13-15)20(29)30-21(2,3)4/h6,12,16H,5,7-11,13H2,1-4H3,(H,23,24,25). The number of rotatable bonds is 3. The van der Waals surface area contributed by atoms with Crippen LogP contribution in [0.2, 0.25) is 5.02 Å². The molecule has 2 aliphatic rings. The molecule has 1 aromatic heterocycles. The Morgan fingerprint density at radius 3 is 2.53 bits per heavy atom. The lowest BCUT2D eigenvalue weighted by Gasteiger charge is -2.32. The summed E-state index contributed by atoms with van der Waals surface area (Å²) in [6, 6.07) is 0.202. The van der Waals surface area contributed by atoms with Gasteiger partial charge in [-0.25, -0.2) is 14.8 Å². The van der Waals surface area contributed by atoms with E-state index in [2.05, 4.69) is 21.4 Å². The van der Waals surface area contributed by atoms with Gasteiger partial charge in [-0.05, 0) is 45.6 Å². The van der Waals surface area contributed by atoms with Crippen LogP contribution in [0.3, 0.4) is 0 Å². The van der Waals surface area contributed by atoms with Gasteiger partial charge in [0.1, 0.15) is 5.60 Å². The lowest BCUT2D eigenvalue weighted by Crippen LogP contribution is -2.41. The van der Waals surface area contributed by atoms with Gasteiger partial charge in [-0.2, -0.15) is 0 Å². The van der Waals surface area contributed by atoms with Gasteiger partial charge in [0.25, 0.3) is 0 Å². The smallest absolute Gasteiger partial charge is 0.410 e. The zero-order chi connectivity index (χ0) is 21.9. The van der Waals surface area contributed by atoms with Gasteiger partial charge < -0.3 is 19.9 Å². The molecule has 1 saturated heterocycles. The number of amides is 2. The highest BCUT2D eigenvalue weighted by Crippen LogP contribution is 2.27. The molecule has 0 atom stereocenters. The molecule has 30 heavy (non-hydrogen) atoms. The van der Waals surface area contributed by atoms with Gasteiger partial charge >= 0.3 is 6.09 Å². The van der Waals surface area contributed by atoms with Gasteiger partial charge in [0.05, 0.1) is 23.5 Å². The summed E-state index contributed by atoms with van der Waals surface area (Å²) in [5.41, 5.74) is 0.970. The minimum absolute atomic E-state index is 0.109. The number of likely N-dealkylation sites (tertiary alicyclic amines) is 1. The van der Waals surface area contributed by atoms with E-state index in [0.29, 0.717) is 36.2 Å². The number of piperidine rings is 1. The molecule has 164 valence electrons. The molecule has 2 aliphatic heterocycles. The van der Waals surface area contributed by atoms with Gasteiger partial charge in [-0.15, -0.1) is 0 Å². The van der Waals surface area contributed by atoms with Crippen LogP contribution in [0.15, 0.2) is 12.3 Å². The summed E-state index contributed by atoms with van der Waals surface area (Å²) < 4.78 is 5.50. The molecule has 0 saturated carbocycles. The molecule has 0 spiro atoms. The Morgan fingerprint density at radius 1 is 1.20 bits per heavy atom. The summed E-state index contributed by atoms with van der Waals surface area (Å²) in [7, 11) is 0. The van der Waals surface area contributed by atoms with Crippen molar-refractivity contribution in [1.29, 1.82) is 0 Å². The molecule has 0 aromatic carbocycles. The second-order valence-corrected chi connectivity index (χ2v) is 9.14. The molecule has 0 radical (unpaired) electrons. The van der Waals surface area contributed by atoms with E-state index in [9.17, 15) is 9.59 Å². The predicted octanol–water partition coefficient (Wildman–Crippen LogP) is 3.58. The van der Waals surface area contributed by atoms with Crippen LogP contribution < -0.4 is 5.32 Å². The van der Waals surface area contributed by atoms with Crippen molar-refractivity contribution in [3.8, 4) is 0 Å². The lowest BCUT2D eigenvalue weighted by molar-refractivity contribution is -0.129.